The van der Waals surface area contributed by atoms with Gasteiger partial charge in [0.25, 0.3) is 0 Å². The van der Waals surface area contributed by atoms with Crippen molar-refractivity contribution in [3.05, 3.63) is 71.8 Å². The smallest absolute Gasteiger partial charge is 0.172 e. The van der Waals surface area contributed by atoms with Crippen LogP contribution in [0.5, 0.6) is 0 Å². The monoisotopic (exact) mass is 240 g/mol. The zero-order valence-corrected chi connectivity index (χ0v) is 10.4. The van der Waals surface area contributed by atoms with Gasteiger partial charge in [-0.15, -0.1) is 0 Å². The average molecular weight is 240 g/mol. The van der Waals surface area contributed by atoms with Crippen molar-refractivity contribution in [3.8, 4) is 0 Å². The van der Waals surface area contributed by atoms with Gasteiger partial charge in [-0.05, 0) is 5.56 Å². The molecule has 0 bridgehead atoms. The Morgan fingerprint density at radius 3 is 2.11 bits per heavy atom. The van der Waals surface area contributed by atoms with E-state index in [4.69, 9.17) is 4.74 Å². The Kier molecular flexibility index (Phi) is 4.26. The molecule has 2 aromatic rings. The van der Waals surface area contributed by atoms with Gasteiger partial charge in [0.2, 0.25) is 0 Å². The lowest BCUT2D eigenvalue weighted by Crippen LogP contribution is -2.17. The van der Waals surface area contributed by atoms with E-state index >= 15 is 0 Å². The SMILES string of the molecule is COCC(C(=O)c1ccccc1)c1ccccc1. The molecule has 18 heavy (non-hydrogen) atoms. The van der Waals surface area contributed by atoms with Gasteiger partial charge in [-0.3, -0.25) is 4.79 Å². The topological polar surface area (TPSA) is 26.3 Å². The number of ketones is 1. The third-order valence-corrected chi connectivity index (χ3v) is 2.91. The normalized spacial score (nSPS) is 12.1. The number of Topliss-reactive ketones (excluding diaryl/α,β-unsaturated/α-hetero) is 1. The summed E-state index contributed by atoms with van der Waals surface area (Å²) < 4.78 is 5.18. The van der Waals surface area contributed by atoms with Gasteiger partial charge in [0.15, 0.2) is 5.78 Å². The molecule has 0 amide bonds. The first-order valence-electron chi connectivity index (χ1n) is 5.96. The van der Waals surface area contributed by atoms with E-state index < -0.39 is 0 Å². The van der Waals surface area contributed by atoms with Crippen LogP contribution in [0.2, 0.25) is 0 Å². The third-order valence-electron chi connectivity index (χ3n) is 2.91. The fourth-order valence-electron chi connectivity index (χ4n) is 1.98. The first kappa shape index (κ1) is 12.5. The number of rotatable bonds is 5. The summed E-state index contributed by atoms with van der Waals surface area (Å²) >= 11 is 0. The van der Waals surface area contributed by atoms with Crippen LogP contribution in [-0.2, 0) is 4.74 Å². The summed E-state index contributed by atoms with van der Waals surface area (Å²) in [6.45, 7) is 0.401. The van der Waals surface area contributed by atoms with Crippen molar-refractivity contribution in [1.29, 1.82) is 0 Å². The van der Waals surface area contributed by atoms with E-state index in [1.54, 1.807) is 7.11 Å². The van der Waals surface area contributed by atoms with E-state index in [-0.39, 0.29) is 11.7 Å². The molecule has 1 unspecified atom stereocenters. The summed E-state index contributed by atoms with van der Waals surface area (Å²) in [5, 5.41) is 0. The quantitative estimate of drug-likeness (QED) is 0.749. The van der Waals surface area contributed by atoms with Crippen molar-refractivity contribution in [2.45, 2.75) is 5.92 Å². The lowest BCUT2D eigenvalue weighted by Gasteiger charge is -2.15. The average Bonchev–Trinajstić information content (AvgIpc) is 2.46. The molecular formula is C16H16O2. The summed E-state index contributed by atoms with van der Waals surface area (Å²) in [6.07, 6.45) is 0. The number of ether oxygens (including phenoxy) is 1. The van der Waals surface area contributed by atoms with Crippen LogP contribution in [0.3, 0.4) is 0 Å². The van der Waals surface area contributed by atoms with Crippen molar-refractivity contribution in [3.63, 3.8) is 0 Å². The molecule has 0 aliphatic rings. The molecule has 0 N–H and O–H groups in total. The Hall–Kier alpha value is -1.93. The van der Waals surface area contributed by atoms with Crippen molar-refractivity contribution in [1.82, 2.24) is 0 Å². The van der Waals surface area contributed by atoms with Crippen LogP contribution in [-0.4, -0.2) is 19.5 Å². The third kappa shape index (κ3) is 2.84. The lowest BCUT2D eigenvalue weighted by atomic mass is 9.91. The number of carbonyl (C=O) groups excluding carboxylic acids is 1. The lowest BCUT2D eigenvalue weighted by molar-refractivity contribution is 0.0888. The standard InChI is InChI=1S/C16H16O2/c1-18-12-15(13-8-4-2-5-9-13)16(17)14-10-6-3-7-11-14/h2-11,15H,12H2,1H3. The number of hydrogen-bond donors (Lipinski definition) is 0. The maximum absolute atomic E-state index is 12.5. The molecule has 0 aliphatic heterocycles. The number of carbonyl (C=O) groups is 1. The van der Waals surface area contributed by atoms with Crippen LogP contribution in [0.25, 0.3) is 0 Å². The zero-order valence-electron chi connectivity index (χ0n) is 10.4. The minimum absolute atomic E-state index is 0.101. The second-order valence-electron chi connectivity index (χ2n) is 4.15. The molecule has 0 saturated carbocycles. The highest BCUT2D eigenvalue weighted by molar-refractivity contribution is 6.01. The number of methoxy groups -OCH3 is 1. The van der Waals surface area contributed by atoms with Crippen molar-refractivity contribution >= 4 is 5.78 Å². The highest BCUT2D eigenvalue weighted by atomic mass is 16.5. The van der Waals surface area contributed by atoms with E-state index in [9.17, 15) is 4.79 Å². The minimum atomic E-state index is -0.237. The molecule has 0 aromatic heterocycles. The Bertz CT molecular complexity index is 491. The van der Waals surface area contributed by atoms with Crippen molar-refractivity contribution in [2.75, 3.05) is 13.7 Å². The van der Waals surface area contributed by atoms with Gasteiger partial charge in [-0.25, -0.2) is 0 Å². The Balaban J connectivity index is 2.29. The van der Waals surface area contributed by atoms with Gasteiger partial charge in [-0.2, -0.15) is 0 Å². The molecule has 0 aliphatic carbocycles. The van der Waals surface area contributed by atoms with Crippen LogP contribution in [0.15, 0.2) is 60.7 Å². The van der Waals surface area contributed by atoms with Gasteiger partial charge in [0, 0.05) is 12.7 Å². The second kappa shape index (κ2) is 6.12. The number of benzene rings is 2. The maximum atomic E-state index is 12.5. The summed E-state index contributed by atoms with van der Waals surface area (Å²) in [7, 11) is 1.62. The van der Waals surface area contributed by atoms with E-state index in [0.29, 0.717) is 6.61 Å². The predicted octanol–water partition coefficient (Wildman–Crippen LogP) is 3.30. The summed E-state index contributed by atoms with van der Waals surface area (Å²) in [4.78, 5) is 12.5. The van der Waals surface area contributed by atoms with Crippen LogP contribution < -0.4 is 0 Å². The van der Waals surface area contributed by atoms with Gasteiger partial charge in [0.1, 0.15) is 0 Å². The first-order valence-corrected chi connectivity index (χ1v) is 5.96. The van der Waals surface area contributed by atoms with E-state index in [0.717, 1.165) is 11.1 Å². The summed E-state index contributed by atoms with van der Waals surface area (Å²) in [6, 6.07) is 19.1. The molecule has 0 saturated heterocycles. The Morgan fingerprint density at radius 2 is 1.56 bits per heavy atom. The van der Waals surface area contributed by atoms with Gasteiger partial charge < -0.3 is 4.74 Å². The second-order valence-corrected chi connectivity index (χ2v) is 4.15. The largest absolute Gasteiger partial charge is 0.384 e. The molecule has 2 aromatic carbocycles. The molecule has 2 rings (SSSR count). The predicted molar refractivity (Wildman–Crippen MR) is 71.8 cm³/mol. The summed E-state index contributed by atoms with van der Waals surface area (Å²) in [5.74, 6) is -0.137. The van der Waals surface area contributed by atoms with Gasteiger partial charge in [0.05, 0.1) is 12.5 Å². The molecular weight excluding hydrogens is 224 g/mol. The van der Waals surface area contributed by atoms with Crippen LogP contribution >= 0.6 is 0 Å². The van der Waals surface area contributed by atoms with Crippen LogP contribution in [0.4, 0.5) is 0 Å². The molecule has 0 heterocycles. The van der Waals surface area contributed by atoms with Crippen LogP contribution in [0, 0.1) is 0 Å². The Labute approximate surface area is 107 Å². The summed E-state index contributed by atoms with van der Waals surface area (Å²) in [5.41, 5.74) is 1.72. The van der Waals surface area contributed by atoms with Crippen LogP contribution in [0.1, 0.15) is 21.8 Å². The molecule has 0 fully saturated rings. The zero-order chi connectivity index (χ0) is 12.8. The number of hydrogen-bond acceptors (Lipinski definition) is 2. The molecule has 0 spiro atoms. The van der Waals surface area contributed by atoms with E-state index in [1.807, 2.05) is 60.7 Å². The fraction of sp³-hybridized carbons (Fsp3) is 0.188. The maximum Gasteiger partial charge on any atom is 0.172 e. The molecule has 0 radical (unpaired) electrons. The van der Waals surface area contributed by atoms with Gasteiger partial charge >= 0.3 is 0 Å². The highest BCUT2D eigenvalue weighted by Gasteiger charge is 2.21. The highest BCUT2D eigenvalue weighted by Crippen LogP contribution is 2.21. The molecule has 2 nitrogen and oxygen atoms in total. The minimum Gasteiger partial charge on any atom is -0.384 e. The van der Waals surface area contributed by atoms with Crippen molar-refractivity contribution in [2.24, 2.45) is 0 Å². The molecule has 2 heteroatoms. The van der Waals surface area contributed by atoms with Crippen molar-refractivity contribution < 1.29 is 9.53 Å². The fourth-order valence-corrected chi connectivity index (χ4v) is 1.98. The van der Waals surface area contributed by atoms with E-state index in [2.05, 4.69) is 0 Å². The molecule has 92 valence electrons. The Morgan fingerprint density at radius 1 is 1.00 bits per heavy atom. The van der Waals surface area contributed by atoms with E-state index in [1.165, 1.54) is 0 Å². The first-order chi connectivity index (χ1) is 8.83. The molecule has 1 atom stereocenters. The van der Waals surface area contributed by atoms with Gasteiger partial charge in [-0.1, -0.05) is 60.7 Å².